The minimum Gasteiger partial charge on any atom is -0.497 e. The van der Waals surface area contributed by atoms with Crippen LogP contribution in [0.2, 0.25) is 0 Å². The van der Waals surface area contributed by atoms with E-state index in [1.54, 1.807) is 32.3 Å². The first kappa shape index (κ1) is 21.1. The van der Waals surface area contributed by atoms with Crippen molar-refractivity contribution in [3.63, 3.8) is 0 Å². The Morgan fingerprint density at radius 1 is 1.26 bits per heavy atom. The van der Waals surface area contributed by atoms with Crippen molar-refractivity contribution in [1.82, 2.24) is 15.5 Å². The van der Waals surface area contributed by atoms with Gasteiger partial charge in [-0.15, -0.1) is 6.58 Å². The van der Waals surface area contributed by atoms with E-state index in [9.17, 15) is 14.4 Å². The lowest BCUT2D eigenvalue weighted by molar-refractivity contribution is -0.144. The van der Waals surface area contributed by atoms with Gasteiger partial charge >= 0.3 is 0 Å². The van der Waals surface area contributed by atoms with Gasteiger partial charge in [-0.2, -0.15) is 0 Å². The van der Waals surface area contributed by atoms with Crippen molar-refractivity contribution in [3.05, 3.63) is 54.6 Å². The molecular weight excluding hydrogens is 398 g/mol. The largest absolute Gasteiger partial charge is 0.497 e. The van der Waals surface area contributed by atoms with Crippen LogP contribution >= 0.6 is 0 Å². The van der Waals surface area contributed by atoms with Crippen LogP contribution in [0.3, 0.4) is 0 Å². The minimum atomic E-state index is -1.18. The van der Waals surface area contributed by atoms with Crippen molar-refractivity contribution in [2.24, 2.45) is 11.8 Å². The van der Waals surface area contributed by atoms with Crippen molar-refractivity contribution >= 4 is 17.7 Å². The quantitative estimate of drug-likeness (QED) is 0.630. The van der Waals surface area contributed by atoms with E-state index in [0.717, 1.165) is 11.3 Å². The number of methoxy groups -OCH3 is 1. The number of benzene rings is 1. The Morgan fingerprint density at radius 3 is 2.58 bits per heavy atom. The van der Waals surface area contributed by atoms with Gasteiger partial charge in [0, 0.05) is 20.1 Å². The summed E-state index contributed by atoms with van der Waals surface area (Å²) in [5.41, 5.74) is -1.23. The van der Waals surface area contributed by atoms with Crippen LogP contribution < -0.4 is 15.4 Å². The van der Waals surface area contributed by atoms with Crippen LogP contribution in [0.15, 0.2) is 49.1 Å². The Kier molecular flexibility index (Phi) is 5.13. The van der Waals surface area contributed by atoms with Gasteiger partial charge in [-0.1, -0.05) is 30.4 Å². The summed E-state index contributed by atoms with van der Waals surface area (Å²) >= 11 is 0. The lowest BCUT2D eigenvalue weighted by Gasteiger charge is -2.32. The molecule has 4 rings (SSSR count). The van der Waals surface area contributed by atoms with Gasteiger partial charge < -0.3 is 25.0 Å². The van der Waals surface area contributed by atoms with Crippen LogP contribution in [0.4, 0.5) is 0 Å². The summed E-state index contributed by atoms with van der Waals surface area (Å²) in [6.45, 7) is 5.98. The van der Waals surface area contributed by atoms with E-state index >= 15 is 0 Å². The van der Waals surface area contributed by atoms with Crippen LogP contribution in [0.25, 0.3) is 0 Å². The summed E-state index contributed by atoms with van der Waals surface area (Å²) < 4.78 is 11.5. The number of nitrogens with zero attached hydrogens (tertiary/aromatic N) is 1. The van der Waals surface area contributed by atoms with Crippen molar-refractivity contribution in [3.8, 4) is 5.75 Å². The molecule has 1 aromatic carbocycles. The standard InChI is InChI=1S/C23H27N3O5/c1-5-12-26-18(20(28)25-13-14-6-8-15(30-4)9-7-14)23-11-10-22(2,31-23)16(19(27)24-3)17(23)21(26)29/h5-11,16-18H,1,12-13H2,2-4H3,(H,24,27)(H,25,28)/t16-,17-,18+,22+,23-/m0/s1. The van der Waals surface area contributed by atoms with E-state index in [-0.39, 0.29) is 30.8 Å². The van der Waals surface area contributed by atoms with E-state index in [1.165, 1.54) is 11.9 Å². The number of carbonyl (C=O) groups is 3. The first-order chi connectivity index (χ1) is 14.8. The molecule has 5 atom stereocenters. The third-order valence-electron chi connectivity index (χ3n) is 6.53. The smallest absolute Gasteiger partial charge is 0.246 e. The number of carbonyl (C=O) groups excluding carboxylic acids is 3. The Hall–Kier alpha value is -3.13. The lowest BCUT2D eigenvalue weighted by atomic mass is 9.70. The Bertz CT molecular complexity index is 958. The van der Waals surface area contributed by atoms with Gasteiger partial charge in [0.25, 0.3) is 0 Å². The van der Waals surface area contributed by atoms with Gasteiger partial charge in [0.05, 0.1) is 24.5 Å². The topological polar surface area (TPSA) is 97.0 Å². The Labute approximate surface area is 181 Å². The minimum absolute atomic E-state index is 0.187. The molecule has 8 nitrogen and oxygen atoms in total. The number of fused-ring (bicyclic) bond motifs is 1. The summed E-state index contributed by atoms with van der Waals surface area (Å²) in [5.74, 6) is -1.62. The zero-order valence-electron chi connectivity index (χ0n) is 17.9. The molecule has 0 saturated carbocycles. The predicted octanol–water partition coefficient (Wildman–Crippen LogP) is 0.784. The number of nitrogens with one attached hydrogen (secondary N) is 2. The van der Waals surface area contributed by atoms with Crippen LogP contribution in [-0.2, 0) is 25.7 Å². The molecule has 3 amide bonds. The summed E-state index contributed by atoms with van der Waals surface area (Å²) in [6.07, 6.45) is 5.17. The molecular formula is C23H27N3O5. The fraction of sp³-hybridized carbons (Fsp3) is 0.435. The highest BCUT2D eigenvalue weighted by molar-refractivity contribution is 6.00. The maximum absolute atomic E-state index is 13.4. The van der Waals surface area contributed by atoms with Crippen LogP contribution in [0, 0.1) is 11.8 Å². The van der Waals surface area contributed by atoms with E-state index < -0.39 is 29.1 Å². The third-order valence-corrected chi connectivity index (χ3v) is 6.53. The summed E-state index contributed by atoms with van der Waals surface area (Å²) in [4.78, 5) is 40.9. The molecule has 2 N–H and O–H groups in total. The molecule has 3 heterocycles. The number of rotatable bonds is 7. The van der Waals surface area contributed by atoms with E-state index in [2.05, 4.69) is 17.2 Å². The molecule has 3 aliphatic heterocycles. The molecule has 1 aromatic rings. The average molecular weight is 425 g/mol. The zero-order valence-corrected chi connectivity index (χ0v) is 17.9. The van der Waals surface area contributed by atoms with Gasteiger partial charge in [0.15, 0.2) is 0 Å². The molecule has 2 saturated heterocycles. The fourth-order valence-electron chi connectivity index (χ4n) is 5.15. The van der Waals surface area contributed by atoms with Gasteiger partial charge in [-0.25, -0.2) is 0 Å². The monoisotopic (exact) mass is 425 g/mol. The number of ether oxygens (including phenoxy) is 2. The SMILES string of the molecule is C=CCN1C(=O)[C@@H]2[C@@H](C(=O)NC)[C@@]3(C)C=C[C@@]2(O3)[C@H]1C(=O)NCc1ccc(OC)cc1. The van der Waals surface area contributed by atoms with E-state index in [0.29, 0.717) is 0 Å². The molecule has 0 aliphatic carbocycles. The second kappa shape index (κ2) is 7.53. The molecule has 1 spiro atoms. The van der Waals surface area contributed by atoms with E-state index in [4.69, 9.17) is 9.47 Å². The molecule has 0 radical (unpaired) electrons. The molecule has 31 heavy (non-hydrogen) atoms. The number of amides is 3. The van der Waals surface area contributed by atoms with Crippen LogP contribution in [-0.4, -0.2) is 60.6 Å². The highest BCUT2D eigenvalue weighted by Crippen LogP contribution is 2.59. The maximum atomic E-state index is 13.4. The fourth-order valence-corrected chi connectivity index (χ4v) is 5.15. The predicted molar refractivity (Wildman–Crippen MR) is 113 cm³/mol. The first-order valence-corrected chi connectivity index (χ1v) is 10.3. The van der Waals surface area contributed by atoms with Gasteiger partial charge in [-0.3, -0.25) is 14.4 Å². The van der Waals surface area contributed by atoms with Gasteiger partial charge in [-0.05, 0) is 24.6 Å². The second-order valence-corrected chi connectivity index (χ2v) is 8.29. The van der Waals surface area contributed by atoms with Crippen LogP contribution in [0.5, 0.6) is 5.75 Å². The Balaban J connectivity index is 1.63. The molecule has 8 heteroatoms. The normalized spacial score (nSPS) is 32.7. The van der Waals surface area contributed by atoms with Crippen molar-refractivity contribution in [2.75, 3.05) is 20.7 Å². The van der Waals surface area contributed by atoms with Gasteiger partial charge in [0.1, 0.15) is 17.4 Å². The van der Waals surface area contributed by atoms with Crippen molar-refractivity contribution < 1.29 is 23.9 Å². The van der Waals surface area contributed by atoms with Crippen molar-refractivity contribution in [2.45, 2.75) is 30.7 Å². The molecule has 3 aliphatic rings. The van der Waals surface area contributed by atoms with Crippen LogP contribution in [0.1, 0.15) is 12.5 Å². The zero-order chi connectivity index (χ0) is 22.4. The molecule has 164 valence electrons. The third kappa shape index (κ3) is 3.05. The molecule has 2 bridgehead atoms. The molecule has 2 fully saturated rings. The lowest BCUT2D eigenvalue weighted by Crippen LogP contribution is -2.54. The number of hydrogen-bond donors (Lipinski definition) is 2. The highest BCUT2D eigenvalue weighted by Gasteiger charge is 2.75. The van der Waals surface area contributed by atoms with Gasteiger partial charge in [0.2, 0.25) is 17.7 Å². The highest BCUT2D eigenvalue weighted by atomic mass is 16.5. The first-order valence-electron chi connectivity index (χ1n) is 10.3. The number of hydrogen-bond acceptors (Lipinski definition) is 5. The summed E-state index contributed by atoms with van der Waals surface area (Å²) in [5, 5.41) is 5.56. The van der Waals surface area contributed by atoms with Crippen molar-refractivity contribution in [1.29, 1.82) is 0 Å². The number of likely N-dealkylation sites (tertiary alicyclic amines) is 1. The maximum Gasteiger partial charge on any atom is 0.246 e. The summed E-state index contributed by atoms with van der Waals surface area (Å²) in [6, 6.07) is 6.47. The molecule has 0 unspecified atom stereocenters. The Morgan fingerprint density at radius 2 is 1.97 bits per heavy atom. The average Bonchev–Trinajstić information content (AvgIpc) is 3.33. The second-order valence-electron chi connectivity index (χ2n) is 8.29. The summed E-state index contributed by atoms with van der Waals surface area (Å²) in [7, 11) is 3.13. The molecule has 0 aromatic heterocycles. The van der Waals surface area contributed by atoms with E-state index in [1.807, 2.05) is 24.3 Å².